The summed E-state index contributed by atoms with van der Waals surface area (Å²) in [5, 5.41) is 5.20. The van der Waals surface area contributed by atoms with Crippen molar-refractivity contribution < 1.29 is 14.3 Å². The number of nitrogens with one attached hydrogen (secondary N) is 2. The first-order chi connectivity index (χ1) is 16.0. The molecule has 2 N–H and O–H groups in total. The Labute approximate surface area is 202 Å². The molecule has 0 saturated carbocycles. The lowest BCUT2D eigenvalue weighted by atomic mass is 9.88. The van der Waals surface area contributed by atoms with Crippen molar-refractivity contribution in [2.75, 3.05) is 20.3 Å². The van der Waals surface area contributed by atoms with E-state index in [1.807, 2.05) is 60.8 Å². The topological polar surface area (TPSA) is 63.4 Å². The zero-order valence-electron chi connectivity index (χ0n) is 18.1. The third-order valence-corrected chi connectivity index (χ3v) is 5.87. The summed E-state index contributed by atoms with van der Waals surface area (Å²) in [5.41, 5.74) is 2.93. The maximum absolute atomic E-state index is 12.8. The van der Waals surface area contributed by atoms with Gasteiger partial charge in [-0.3, -0.25) is 4.79 Å². The van der Waals surface area contributed by atoms with Gasteiger partial charge in [0.25, 0.3) is 0 Å². The van der Waals surface area contributed by atoms with E-state index in [0.717, 1.165) is 22.0 Å². The standard InChI is InChI=1S/C26H24Cl2N2O3/c1-32-12-11-29-26(31)15-22(24-16-30-25-10-7-19(28)14-23(24)25)17-3-2-4-21(13-17)33-20-8-5-18(27)6-9-20/h2-10,13-14,16,22,30H,11-12,15H2,1H3,(H,29,31). The average molecular weight is 483 g/mol. The van der Waals surface area contributed by atoms with Gasteiger partial charge in [0.1, 0.15) is 11.5 Å². The number of hydrogen-bond acceptors (Lipinski definition) is 3. The summed E-state index contributed by atoms with van der Waals surface area (Å²) in [7, 11) is 1.61. The van der Waals surface area contributed by atoms with Crippen molar-refractivity contribution in [2.24, 2.45) is 0 Å². The second kappa shape index (κ2) is 10.8. The molecular formula is C26H24Cl2N2O3. The van der Waals surface area contributed by atoms with E-state index < -0.39 is 0 Å². The Bertz CT molecular complexity index is 1240. The van der Waals surface area contributed by atoms with Gasteiger partial charge in [-0.2, -0.15) is 0 Å². The number of fused-ring (bicyclic) bond motifs is 1. The number of carbonyl (C=O) groups excluding carboxylic acids is 1. The second-order valence-electron chi connectivity index (χ2n) is 7.66. The largest absolute Gasteiger partial charge is 0.457 e. The highest BCUT2D eigenvalue weighted by molar-refractivity contribution is 6.31. The minimum Gasteiger partial charge on any atom is -0.457 e. The van der Waals surface area contributed by atoms with E-state index in [4.69, 9.17) is 32.7 Å². The third kappa shape index (κ3) is 5.88. The number of hydrogen-bond donors (Lipinski definition) is 2. The van der Waals surface area contributed by atoms with E-state index in [0.29, 0.717) is 34.7 Å². The van der Waals surface area contributed by atoms with Crippen LogP contribution in [-0.2, 0) is 9.53 Å². The summed E-state index contributed by atoms with van der Waals surface area (Å²) in [6.45, 7) is 0.922. The van der Waals surface area contributed by atoms with Gasteiger partial charge in [0, 0.05) is 53.1 Å². The molecule has 0 aliphatic rings. The summed E-state index contributed by atoms with van der Waals surface area (Å²) in [6.07, 6.45) is 2.22. The van der Waals surface area contributed by atoms with Gasteiger partial charge in [0.2, 0.25) is 5.91 Å². The van der Waals surface area contributed by atoms with Crippen LogP contribution in [0.5, 0.6) is 11.5 Å². The molecule has 170 valence electrons. The maximum Gasteiger partial charge on any atom is 0.221 e. The van der Waals surface area contributed by atoms with Crippen LogP contribution in [0.4, 0.5) is 0 Å². The Hall–Kier alpha value is -2.99. The Morgan fingerprint density at radius 1 is 1.00 bits per heavy atom. The fourth-order valence-corrected chi connectivity index (χ4v) is 4.09. The highest BCUT2D eigenvalue weighted by atomic mass is 35.5. The summed E-state index contributed by atoms with van der Waals surface area (Å²) in [6, 6.07) is 20.7. The van der Waals surface area contributed by atoms with Gasteiger partial charge in [0.15, 0.2) is 0 Å². The molecule has 33 heavy (non-hydrogen) atoms. The van der Waals surface area contributed by atoms with Crippen LogP contribution < -0.4 is 10.1 Å². The van der Waals surface area contributed by atoms with E-state index in [1.54, 1.807) is 19.2 Å². The number of amides is 1. The quantitative estimate of drug-likeness (QED) is 0.265. The number of benzene rings is 3. The number of aromatic nitrogens is 1. The van der Waals surface area contributed by atoms with E-state index in [1.165, 1.54) is 0 Å². The predicted octanol–water partition coefficient (Wildman–Crippen LogP) is 6.55. The van der Waals surface area contributed by atoms with Crippen LogP contribution in [0.2, 0.25) is 10.0 Å². The fourth-order valence-electron chi connectivity index (χ4n) is 3.79. The van der Waals surface area contributed by atoms with Gasteiger partial charge >= 0.3 is 0 Å². The SMILES string of the molecule is COCCNC(=O)CC(c1cccc(Oc2ccc(Cl)cc2)c1)c1c[nH]c2ccc(Cl)cc12. The van der Waals surface area contributed by atoms with E-state index in [2.05, 4.69) is 10.3 Å². The minimum absolute atomic E-state index is 0.0579. The van der Waals surface area contributed by atoms with Crippen molar-refractivity contribution in [3.05, 3.63) is 94.1 Å². The van der Waals surface area contributed by atoms with Crippen molar-refractivity contribution >= 4 is 40.0 Å². The molecule has 4 rings (SSSR count). The Morgan fingerprint density at radius 3 is 2.58 bits per heavy atom. The molecule has 1 aromatic heterocycles. The van der Waals surface area contributed by atoms with Crippen LogP contribution in [0.25, 0.3) is 10.9 Å². The molecule has 7 heteroatoms. The number of halogens is 2. The van der Waals surface area contributed by atoms with Crippen molar-refractivity contribution in [2.45, 2.75) is 12.3 Å². The molecular weight excluding hydrogens is 459 g/mol. The number of methoxy groups -OCH3 is 1. The predicted molar refractivity (Wildman–Crippen MR) is 133 cm³/mol. The van der Waals surface area contributed by atoms with Crippen molar-refractivity contribution in [3.8, 4) is 11.5 Å². The lowest BCUT2D eigenvalue weighted by Crippen LogP contribution is -2.28. The highest BCUT2D eigenvalue weighted by Crippen LogP contribution is 2.36. The lowest BCUT2D eigenvalue weighted by Gasteiger charge is -2.18. The fraction of sp³-hybridized carbons (Fsp3) is 0.192. The summed E-state index contributed by atoms with van der Waals surface area (Å²) in [4.78, 5) is 16.1. The molecule has 0 saturated heterocycles. The van der Waals surface area contributed by atoms with Gasteiger partial charge in [0.05, 0.1) is 6.61 Å². The maximum atomic E-state index is 12.8. The summed E-state index contributed by atoms with van der Waals surface area (Å²) < 4.78 is 11.1. The van der Waals surface area contributed by atoms with Gasteiger partial charge in [-0.25, -0.2) is 0 Å². The molecule has 1 heterocycles. The van der Waals surface area contributed by atoms with E-state index in [9.17, 15) is 4.79 Å². The van der Waals surface area contributed by atoms with Gasteiger partial charge in [-0.1, -0.05) is 35.3 Å². The first-order valence-electron chi connectivity index (χ1n) is 10.6. The Balaban J connectivity index is 1.67. The van der Waals surface area contributed by atoms with Crippen molar-refractivity contribution in [3.63, 3.8) is 0 Å². The molecule has 0 radical (unpaired) electrons. The van der Waals surface area contributed by atoms with Crippen LogP contribution in [-0.4, -0.2) is 31.2 Å². The number of ether oxygens (including phenoxy) is 2. The molecule has 1 amide bonds. The molecule has 0 aliphatic heterocycles. The molecule has 5 nitrogen and oxygen atoms in total. The normalized spacial score (nSPS) is 12.0. The monoisotopic (exact) mass is 482 g/mol. The van der Waals surface area contributed by atoms with E-state index in [-0.39, 0.29) is 18.2 Å². The summed E-state index contributed by atoms with van der Waals surface area (Å²) in [5.74, 6) is 1.10. The first kappa shape index (κ1) is 23.2. The number of H-pyrrole nitrogens is 1. The number of aromatic amines is 1. The Morgan fingerprint density at radius 2 is 1.79 bits per heavy atom. The molecule has 0 aliphatic carbocycles. The minimum atomic E-state index is -0.200. The second-order valence-corrected chi connectivity index (χ2v) is 8.53. The zero-order chi connectivity index (χ0) is 23.2. The molecule has 1 atom stereocenters. The molecule has 0 spiro atoms. The van der Waals surface area contributed by atoms with Crippen LogP contribution in [0.3, 0.4) is 0 Å². The van der Waals surface area contributed by atoms with E-state index >= 15 is 0 Å². The lowest BCUT2D eigenvalue weighted by molar-refractivity contribution is -0.121. The Kier molecular flexibility index (Phi) is 7.55. The first-order valence-corrected chi connectivity index (χ1v) is 11.3. The van der Waals surface area contributed by atoms with Gasteiger partial charge in [-0.15, -0.1) is 0 Å². The zero-order valence-corrected chi connectivity index (χ0v) is 19.6. The van der Waals surface area contributed by atoms with Gasteiger partial charge in [-0.05, 0) is 65.7 Å². The highest BCUT2D eigenvalue weighted by Gasteiger charge is 2.22. The molecule has 0 bridgehead atoms. The molecule has 0 fully saturated rings. The summed E-state index contributed by atoms with van der Waals surface area (Å²) >= 11 is 12.3. The molecule has 3 aromatic carbocycles. The van der Waals surface area contributed by atoms with Crippen LogP contribution in [0.15, 0.2) is 72.9 Å². The smallest absolute Gasteiger partial charge is 0.221 e. The number of rotatable bonds is 9. The van der Waals surface area contributed by atoms with Crippen molar-refractivity contribution in [1.29, 1.82) is 0 Å². The van der Waals surface area contributed by atoms with Crippen LogP contribution >= 0.6 is 23.2 Å². The van der Waals surface area contributed by atoms with Gasteiger partial charge < -0.3 is 19.8 Å². The average Bonchev–Trinajstić information content (AvgIpc) is 3.22. The van der Waals surface area contributed by atoms with Crippen LogP contribution in [0, 0.1) is 0 Å². The third-order valence-electron chi connectivity index (χ3n) is 5.38. The molecule has 1 unspecified atom stereocenters. The van der Waals surface area contributed by atoms with Crippen LogP contribution in [0.1, 0.15) is 23.5 Å². The number of carbonyl (C=O) groups is 1. The van der Waals surface area contributed by atoms with Crippen molar-refractivity contribution in [1.82, 2.24) is 10.3 Å². The molecule has 4 aromatic rings.